The first-order chi connectivity index (χ1) is 11.6. The number of benzene rings is 1. The number of methoxy groups -OCH3 is 1. The van der Waals surface area contributed by atoms with Gasteiger partial charge in [0, 0.05) is 24.0 Å². The van der Waals surface area contributed by atoms with E-state index in [2.05, 4.69) is 36.6 Å². The van der Waals surface area contributed by atoms with E-state index in [0.717, 1.165) is 30.8 Å². The van der Waals surface area contributed by atoms with Crippen LogP contribution in [0.5, 0.6) is 0 Å². The summed E-state index contributed by atoms with van der Waals surface area (Å²) in [6.45, 7) is 7.59. The van der Waals surface area contributed by atoms with E-state index in [-0.39, 0.29) is 34.9 Å². The Kier molecular flexibility index (Phi) is 9.87. The number of carbonyl (C=O) groups excluding carboxylic acids is 1. The van der Waals surface area contributed by atoms with Gasteiger partial charge in [0.2, 0.25) is 5.91 Å². The van der Waals surface area contributed by atoms with E-state index in [1.165, 1.54) is 0 Å². The van der Waals surface area contributed by atoms with Crippen molar-refractivity contribution >= 4 is 30.1 Å². The molecule has 0 aliphatic carbocycles. The van der Waals surface area contributed by atoms with Crippen LogP contribution in [0.1, 0.15) is 26.7 Å². The second-order valence-corrected chi connectivity index (χ2v) is 8.21. The summed E-state index contributed by atoms with van der Waals surface area (Å²) in [6.07, 6.45) is 2.08. The van der Waals surface area contributed by atoms with E-state index in [0.29, 0.717) is 13.2 Å². The van der Waals surface area contributed by atoms with Crippen LogP contribution in [-0.4, -0.2) is 44.5 Å². The quantitative estimate of drug-likeness (QED) is 0.672. The van der Waals surface area contributed by atoms with Gasteiger partial charge in [-0.25, -0.2) is 0 Å². The van der Waals surface area contributed by atoms with Gasteiger partial charge in [0.15, 0.2) is 0 Å². The summed E-state index contributed by atoms with van der Waals surface area (Å²) < 4.78 is 5.44. The van der Waals surface area contributed by atoms with E-state index in [1.54, 1.807) is 18.9 Å². The molecule has 25 heavy (non-hydrogen) atoms. The van der Waals surface area contributed by atoms with Crippen molar-refractivity contribution in [3.8, 4) is 0 Å². The predicted octanol–water partition coefficient (Wildman–Crippen LogP) is 3.36. The Bertz CT molecular complexity index is 502. The van der Waals surface area contributed by atoms with Crippen LogP contribution in [0.4, 0.5) is 0 Å². The van der Waals surface area contributed by atoms with E-state index in [1.807, 2.05) is 18.2 Å². The van der Waals surface area contributed by atoms with Gasteiger partial charge in [-0.3, -0.25) is 4.79 Å². The van der Waals surface area contributed by atoms with Crippen LogP contribution in [0.15, 0.2) is 35.2 Å². The summed E-state index contributed by atoms with van der Waals surface area (Å²) in [5.74, 6) is 0.412. The fourth-order valence-corrected chi connectivity index (χ4v) is 4.22. The van der Waals surface area contributed by atoms with Crippen LogP contribution >= 0.6 is 24.2 Å². The maximum absolute atomic E-state index is 12.8. The standard InChI is InChI=1S/C19H30N2O2S.ClH/c1-15(2)17(24-16-7-5-4-6-8-16)18(22)21-13-19(14-23-3)9-11-20-12-10-19;/h4-8,15,17,20H,9-14H2,1-3H3,(H,21,22);1H. The Morgan fingerprint density at radius 1 is 1.28 bits per heavy atom. The number of amides is 1. The number of carbonyl (C=O) groups is 1. The van der Waals surface area contributed by atoms with Crippen LogP contribution < -0.4 is 10.6 Å². The molecular formula is C19H31ClN2O2S. The second kappa shape index (κ2) is 11.1. The van der Waals surface area contributed by atoms with Gasteiger partial charge >= 0.3 is 0 Å². The zero-order valence-corrected chi connectivity index (χ0v) is 17.1. The maximum Gasteiger partial charge on any atom is 0.233 e. The Morgan fingerprint density at radius 3 is 2.48 bits per heavy atom. The number of piperidine rings is 1. The van der Waals surface area contributed by atoms with Crippen LogP contribution in [0.2, 0.25) is 0 Å². The van der Waals surface area contributed by atoms with Crippen molar-refractivity contribution in [1.82, 2.24) is 10.6 Å². The highest BCUT2D eigenvalue weighted by Gasteiger charge is 2.33. The molecule has 142 valence electrons. The normalized spacial score (nSPS) is 17.6. The lowest BCUT2D eigenvalue weighted by molar-refractivity contribution is -0.122. The summed E-state index contributed by atoms with van der Waals surface area (Å²) in [7, 11) is 1.74. The maximum atomic E-state index is 12.8. The summed E-state index contributed by atoms with van der Waals surface area (Å²) >= 11 is 1.65. The highest BCUT2D eigenvalue weighted by atomic mass is 35.5. The second-order valence-electron chi connectivity index (χ2n) is 7.00. The number of halogens is 1. The van der Waals surface area contributed by atoms with Gasteiger partial charge in [0.25, 0.3) is 0 Å². The van der Waals surface area contributed by atoms with Gasteiger partial charge in [-0.15, -0.1) is 24.2 Å². The molecule has 0 saturated carbocycles. The average Bonchev–Trinajstić information content (AvgIpc) is 2.59. The molecule has 4 nitrogen and oxygen atoms in total. The molecule has 1 aromatic carbocycles. The molecule has 1 fully saturated rings. The van der Waals surface area contributed by atoms with Crippen molar-refractivity contribution in [3.63, 3.8) is 0 Å². The molecule has 1 aliphatic heterocycles. The van der Waals surface area contributed by atoms with Gasteiger partial charge in [0.05, 0.1) is 11.9 Å². The van der Waals surface area contributed by atoms with Crippen molar-refractivity contribution in [2.45, 2.75) is 36.8 Å². The van der Waals surface area contributed by atoms with Gasteiger partial charge in [-0.2, -0.15) is 0 Å². The molecule has 1 amide bonds. The van der Waals surface area contributed by atoms with Gasteiger partial charge in [-0.1, -0.05) is 32.0 Å². The third-order valence-corrected chi connectivity index (χ3v) is 6.18. The summed E-state index contributed by atoms with van der Waals surface area (Å²) in [5.41, 5.74) is 0.0641. The zero-order chi connectivity index (χ0) is 17.4. The largest absolute Gasteiger partial charge is 0.384 e. The first-order valence-corrected chi connectivity index (χ1v) is 9.63. The Balaban J connectivity index is 0.00000312. The zero-order valence-electron chi connectivity index (χ0n) is 15.4. The summed E-state index contributed by atoms with van der Waals surface area (Å²) in [4.78, 5) is 13.9. The molecule has 2 N–H and O–H groups in total. The summed E-state index contributed by atoms with van der Waals surface area (Å²) in [5, 5.41) is 6.52. The van der Waals surface area contributed by atoms with Gasteiger partial charge in [0.1, 0.15) is 0 Å². The van der Waals surface area contributed by atoms with E-state index in [4.69, 9.17) is 4.74 Å². The smallest absolute Gasteiger partial charge is 0.233 e. The molecule has 1 saturated heterocycles. The van der Waals surface area contributed by atoms with Gasteiger partial charge < -0.3 is 15.4 Å². The SMILES string of the molecule is COCC1(CNC(=O)C(Sc2ccccc2)C(C)C)CCNCC1.Cl. The fourth-order valence-electron chi connectivity index (χ4n) is 3.15. The lowest BCUT2D eigenvalue weighted by Gasteiger charge is -2.37. The molecule has 0 spiro atoms. The molecule has 1 atom stereocenters. The number of thioether (sulfide) groups is 1. The van der Waals surface area contributed by atoms with Crippen LogP contribution in [0.3, 0.4) is 0 Å². The van der Waals surface area contributed by atoms with Crippen LogP contribution in [0.25, 0.3) is 0 Å². The first kappa shape index (κ1) is 22.3. The van der Waals surface area contributed by atoms with E-state index in [9.17, 15) is 4.79 Å². The molecule has 1 aromatic rings. The number of rotatable bonds is 8. The minimum absolute atomic E-state index is 0. The highest BCUT2D eigenvalue weighted by molar-refractivity contribution is 8.00. The van der Waals surface area contributed by atoms with Crippen molar-refractivity contribution in [1.29, 1.82) is 0 Å². The monoisotopic (exact) mass is 386 g/mol. The highest BCUT2D eigenvalue weighted by Crippen LogP contribution is 2.30. The number of ether oxygens (including phenoxy) is 1. The Morgan fingerprint density at radius 2 is 1.92 bits per heavy atom. The molecule has 2 rings (SSSR count). The van der Waals surface area contributed by atoms with Crippen molar-refractivity contribution < 1.29 is 9.53 Å². The third kappa shape index (κ3) is 6.81. The predicted molar refractivity (Wildman–Crippen MR) is 108 cm³/mol. The molecule has 1 heterocycles. The number of hydrogen-bond donors (Lipinski definition) is 2. The van der Waals surface area contributed by atoms with Crippen molar-refractivity contribution in [2.75, 3.05) is 33.4 Å². The Hall–Kier alpha value is -0.750. The third-order valence-electron chi connectivity index (χ3n) is 4.62. The topological polar surface area (TPSA) is 50.4 Å². The molecule has 0 bridgehead atoms. The molecule has 1 unspecified atom stereocenters. The first-order valence-electron chi connectivity index (χ1n) is 8.75. The Labute approximate surface area is 162 Å². The molecule has 0 aromatic heterocycles. The molecule has 1 aliphatic rings. The minimum Gasteiger partial charge on any atom is -0.384 e. The average molecular weight is 387 g/mol. The van der Waals surface area contributed by atoms with Gasteiger partial charge in [-0.05, 0) is 44.0 Å². The van der Waals surface area contributed by atoms with Crippen molar-refractivity contribution in [3.05, 3.63) is 30.3 Å². The lowest BCUT2D eigenvalue weighted by Crippen LogP contribution is -2.49. The van der Waals surface area contributed by atoms with Crippen molar-refractivity contribution in [2.24, 2.45) is 11.3 Å². The lowest BCUT2D eigenvalue weighted by atomic mass is 9.79. The molecular weight excluding hydrogens is 356 g/mol. The molecule has 0 radical (unpaired) electrons. The molecule has 6 heteroatoms. The minimum atomic E-state index is -0.0753. The summed E-state index contributed by atoms with van der Waals surface area (Å²) in [6, 6.07) is 10.2. The number of nitrogens with one attached hydrogen (secondary N) is 2. The van der Waals surface area contributed by atoms with Crippen LogP contribution in [0, 0.1) is 11.3 Å². The van der Waals surface area contributed by atoms with E-state index < -0.39 is 0 Å². The van der Waals surface area contributed by atoms with E-state index >= 15 is 0 Å². The van der Waals surface area contributed by atoms with Crippen LogP contribution in [-0.2, 0) is 9.53 Å². The fraction of sp³-hybridized carbons (Fsp3) is 0.632. The number of hydrogen-bond acceptors (Lipinski definition) is 4.